The Morgan fingerprint density at radius 3 is 0.875 bits per heavy atom. The second kappa shape index (κ2) is 115. The highest BCUT2D eigenvalue weighted by Gasteiger charge is 2.21. The minimum absolute atomic E-state index is 0.0325. The van der Waals surface area contributed by atoms with Gasteiger partial charge in [-0.15, -0.1) is 0 Å². The van der Waals surface area contributed by atoms with Crippen LogP contribution in [0.4, 0.5) is 0 Å². The molecule has 0 saturated heterocycles. The number of carbonyl (C=O) groups excluding carboxylic acids is 5. The molecule has 0 spiro atoms. The monoisotopic (exact) mass is 2040 g/mol. The van der Waals surface area contributed by atoms with Gasteiger partial charge in [0.1, 0.15) is 0 Å². The van der Waals surface area contributed by atoms with Crippen molar-refractivity contribution >= 4 is 59.4 Å². The van der Waals surface area contributed by atoms with E-state index in [1.807, 2.05) is 88.4 Å². The number of benzene rings is 2. The van der Waals surface area contributed by atoms with Crippen LogP contribution in [-0.2, 0) is 49.6 Å². The maximum Gasteiger partial charge on any atom is 0.303 e. The molecule has 2 aliphatic rings. The van der Waals surface area contributed by atoms with E-state index in [1.54, 1.807) is 0 Å². The second-order valence-electron chi connectivity index (χ2n) is 45.8. The highest BCUT2D eigenvalue weighted by molar-refractivity contribution is 5.94. The van der Waals surface area contributed by atoms with Crippen molar-refractivity contribution in [3.63, 3.8) is 0 Å². The molecule has 2 aromatic carbocycles. The molecule has 10 N–H and O–H groups in total. The molecule has 144 heavy (non-hydrogen) atoms. The molecule has 1 unspecified atom stereocenters. The Kier molecular flexibility index (Phi) is 125. The highest BCUT2D eigenvalue weighted by atomic mass is 16.4. The van der Waals surface area contributed by atoms with Crippen molar-refractivity contribution in [1.82, 2.24) is 26.6 Å². The van der Waals surface area contributed by atoms with Crippen LogP contribution in [0.5, 0.6) is 0 Å². The Hall–Kier alpha value is -6.86. The summed E-state index contributed by atoms with van der Waals surface area (Å²) in [6.07, 6.45) is 45.0. The SMILES string of the molecule is CC(C)C(C)C.CC(C)C1CCCCC1.CC(C)CC(=O)O.CC(C)CCC(=O)O.CC(C)CCCC(=O)O.CC(C)CCCCNC(=O)C1CCCCC1.CC(C)CCCCNC(=O)CCC(=O)O.CC(C)CCCCNC(=O)CCCC(=O)O.CC(C)CCCCNC(=O)Cc1ccccc1.CC(C)CCCCNC(=O)c1ccccc1.CCC(C)C.CCC(C)C(C)C.CCCC(C)C.CCCCC(C)C. The summed E-state index contributed by atoms with van der Waals surface area (Å²) in [5.41, 5.74) is 1.82. The molecule has 0 aliphatic heterocycles. The first-order valence-electron chi connectivity index (χ1n) is 58.0. The summed E-state index contributed by atoms with van der Waals surface area (Å²) >= 11 is 0. The van der Waals surface area contributed by atoms with Gasteiger partial charge in [-0.25, -0.2) is 0 Å². The number of carboxylic acids is 5. The summed E-state index contributed by atoms with van der Waals surface area (Å²) < 4.78 is 0. The summed E-state index contributed by atoms with van der Waals surface area (Å²) in [5, 5.41) is 55.7. The molecule has 0 heterocycles. The third-order valence-corrected chi connectivity index (χ3v) is 24.4. The van der Waals surface area contributed by atoms with Crippen LogP contribution in [-0.4, -0.2) is 118 Å². The van der Waals surface area contributed by atoms with Gasteiger partial charge in [-0.05, 0) is 183 Å². The molecule has 0 aromatic heterocycles. The minimum Gasteiger partial charge on any atom is -0.481 e. The summed E-state index contributed by atoms with van der Waals surface area (Å²) in [4.78, 5) is 107. The average Bonchev–Trinajstić information content (AvgIpc) is 0.915. The van der Waals surface area contributed by atoms with Crippen LogP contribution in [0.3, 0.4) is 0 Å². The molecule has 852 valence electrons. The smallest absolute Gasteiger partial charge is 0.303 e. The number of amides is 5. The first-order chi connectivity index (χ1) is 67.4. The fraction of sp³-hybridized carbons (Fsp3) is 0.823. The van der Waals surface area contributed by atoms with E-state index in [4.69, 9.17) is 25.5 Å². The van der Waals surface area contributed by atoms with Crippen LogP contribution in [0.2, 0.25) is 0 Å². The van der Waals surface area contributed by atoms with Gasteiger partial charge in [-0.1, -0.05) is 458 Å². The number of rotatable bonds is 55. The quantitative estimate of drug-likeness (QED) is 0.0275. The molecule has 2 aromatic rings. The molecule has 20 nitrogen and oxygen atoms in total. The minimum atomic E-state index is -0.926. The van der Waals surface area contributed by atoms with Gasteiger partial charge in [0.05, 0.1) is 12.8 Å². The Labute approximate surface area is 890 Å². The number of nitrogens with one attached hydrogen (secondary N) is 5. The predicted octanol–water partition coefficient (Wildman–Crippen LogP) is 34.0. The van der Waals surface area contributed by atoms with Crippen LogP contribution in [0.15, 0.2) is 60.7 Å². The fourth-order valence-electron chi connectivity index (χ4n) is 13.2. The van der Waals surface area contributed by atoms with Crippen LogP contribution in [0.25, 0.3) is 0 Å². The molecule has 1 atom stereocenters. The van der Waals surface area contributed by atoms with Crippen LogP contribution < -0.4 is 26.6 Å². The van der Waals surface area contributed by atoms with Gasteiger partial charge in [0.25, 0.3) is 5.91 Å². The standard InChI is InChI=1S/C15H23NO.C14H27NO.C14H21NO.C12H23NO3.C11H21NO3.C9H18.C7H14O2.2C7H16.C6H12O2.2C6H14.C5H10O2.C5H12/c1-13(2)8-6-7-11-16-15(17)12-14-9-4-3-5-10-14;2*1-12(2)8-6-7-11-15-14(16)13-9-4-3-5-10-13;1-10(2)6-3-4-9-13-11(14)7-5-8-12(15)16;1-9(2)5-3-4-8-12-10(13)6-7-11(14)15;1-8(2)9-6-4-3-5-7-9;1-6(2)4-3-5-7(8)9;1-5-7(4)6(2)3;1-4-5-6-7(2)3;1-5(2)3-4-6(7)8;1-5(2)6(3)4;1-4-5-6(2)3;1-4(2)3-5(6)7;1-4-5(2)3/h3-5,9-10,13H,6-8,11-12H2,1-2H3,(H,16,17);12-13H,3-11H2,1-2H3,(H,15,16);3-5,9-10,12H,6-8,11H2,1-2H3,(H,15,16);10H,3-9H2,1-2H3,(H,13,14)(H,15,16);9H,3-8H2,1-2H3,(H,12,13)(H,14,15);8-9H,3-7H2,1-2H3;6H,3-5H2,1-2H3,(H,8,9);6-7H,5H2,1-4H3;7H,4-6H2,1-3H3;5H,3-4H2,1-2H3,(H,7,8);5-6H,1-4H3;6H,4-5H2,1-3H3;4H,3H2,1-2H3,(H,6,7);5H,4H2,1-3H3. The second-order valence-corrected chi connectivity index (χ2v) is 45.8. The molecule has 5 amide bonds. The Morgan fingerprint density at radius 2 is 0.604 bits per heavy atom. The lowest BCUT2D eigenvalue weighted by atomic mass is 9.82. The zero-order valence-electron chi connectivity index (χ0n) is 101. The predicted molar refractivity (Wildman–Crippen MR) is 619 cm³/mol. The lowest BCUT2D eigenvalue weighted by molar-refractivity contribution is -0.139. The number of unbranched alkanes of at least 4 members (excludes halogenated alkanes) is 6. The van der Waals surface area contributed by atoms with Gasteiger partial charge < -0.3 is 52.1 Å². The number of hydrogen-bond acceptors (Lipinski definition) is 10. The normalized spacial score (nSPS) is 12.1. The molecule has 20 heteroatoms. The van der Waals surface area contributed by atoms with E-state index in [0.717, 1.165) is 179 Å². The molecular weight excluding hydrogens is 1800 g/mol. The molecule has 2 saturated carbocycles. The third kappa shape index (κ3) is 153. The largest absolute Gasteiger partial charge is 0.481 e. The maximum absolute atomic E-state index is 11.8. The first-order valence-corrected chi connectivity index (χ1v) is 58.0. The molecule has 2 aliphatic carbocycles. The molecule has 0 bridgehead atoms. The van der Waals surface area contributed by atoms with E-state index in [9.17, 15) is 47.9 Å². The van der Waals surface area contributed by atoms with Crippen LogP contribution >= 0.6 is 0 Å². The molecular formula is C124H241N5O15. The Bertz CT molecular complexity index is 3110. The van der Waals surface area contributed by atoms with Gasteiger partial charge in [-0.3, -0.25) is 47.9 Å². The zero-order chi connectivity index (χ0) is 113. The van der Waals surface area contributed by atoms with Crippen molar-refractivity contribution in [3.05, 3.63) is 71.8 Å². The van der Waals surface area contributed by atoms with Crippen molar-refractivity contribution in [2.24, 2.45) is 107 Å². The fourth-order valence-corrected chi connectivity index (χ4v) is 13.2. The highest BCUT2D eigenvalue weighted by Crippen LogP contribution is 2.29. The van der Waals surface area contributed by atoms with E-state index in [0.29, 0.717) is 80.7 Å². The summed E-state index contributed by atoms with van der Waals surface area (Å²) in [6, 6.07) is 19.2. The lowest BCUT2D eigenvalue weighted by Gasteiger charge is -2.24. The number of carboxylic acid groups (broad SMARTS) is 5. The van der Waals surface area contributed by atoms with Gasteiger partial charge in [0, 0.05) is 82.7 Å². The summed E-state index contributed by atoms with van der Waals surface area (Å²) in [7, 11) is 0. The maximum atomic E-state index is 11.8. The third-order valence-electron chi connectivity index (χ3n) is 24.4. The van der Waals surface area contributed by atoms with Gasteiger partial charge >= 0.3 is 29.8 Å². The van der Waals surface area contributed by atoms with Gasteiger partial charge in [0.2, 0.25) is 23.6 Å². The Morgan fingerprint density at radius 1 is 0.278 bits per heavy atom. The van der Waals surface area contributed by atoms with E-state index < -0.39 is 29.8 Å². The van der Waals surface area contributed by atoms with Crippen molar-refractivity contribution < 1.29 is 73.5 Å². The molecule has 2 fully saturated rings. The number of aliphatic carboxylic acids is 5. The zero-order valence-corrected chi connectivity index (χ0v) is 101. The lowest BCUT2D eigenvalue weighted by Crippen LogP contribution is -2.32. The van der Waals surface area contributed by atoms with E-state index in [-0.39, 0.29) is 55.2 Å². The molecule has 4 rings (SSSR count). The summed E-state index contributed by atoms with van der Waals surface area (Å²) in [6.45, 7) is 80.9. The summed E-state index contributed by atoms with van der Waals surface area (Å²) in [5.74, 6) is 10.00. The van der Waals surface area contributed by atoms with Crippen molar-refractivity contribution in [2.45, 2.75) is 525 Å². The van der Waals surface area contributed by atoms with Crippen LogP contribution in [0.1, 0.15) is 534 Å². The van der Waals surface area contributed by atoms with Crippen molar-refractivity contribution in [3.8, 4) is 0 Å². The van der Waals surface area contributed by atoms with E-state index >= 15 is 0 Å². The molecule has 0 radical (unpaired) electrons. The number of carbonyl (C=O) groups is 10. The van der Waals surface area contributed by atoms with Crippen molar-refractivity contribution in [1.29, 1.82) is 0 Å². The van der Waals surface area contributed by atoms with Gasteiger partial charge in [-0.2, -0.15) is 0 Å². The Balaban J connectivity index is -0.000000171. The average molecular weight is 2040 g/mol. The van der Waals surface area contributed by atoms with E-state index in [1.165, 1.54) is 148 Å². The first kappa shape index (κ1) is 157. The number of hydrogen-bond donors (Lipinski definition) is 10. The van der Waals surface area contributed by atoms with Crippen molar-refractivity contribution in [2.75, 3.05) is 32.7 Å². The van der Waals surface area contributed by atoms with Crippen LogP contribution in [0, 0.1) is 107 Å². The topological polar surface area (TPSA) is 332 Å². The van der Waals surface area contributed by atoms with E-state index in [2.05, 4.69) is 241 Å². The van der Waals surface area contributed by atoms with Gasteiger partial charge in [0.15, 0.2) is 0 Å².